The van der Waals surface area contributed by atoms with Gasteiger partial charge >= 0.3 is 0 Å². The molecule has 2 rings (SSSR count). The van der Waals surface area contributed by atoms with Gasteiger partial charge in [-0.05, 0) is 17.7 Å². The Bertz CT molecular complexity index is 355. The van der Waals surface area contributed by atoms with E-state index in [4.69, 9.17) is 27.9 Å². The summed E-state index contributed by atoms with van der Waals surface area (Å²) in [5.41, 5.74) is 2.44. The summed E-state index contributed by atoms with van der Waals surface area (Å²) in [6.07, 6.45) is 0.975. The molecule has 4 heteroatoms. The quantitative estimate of drug-likeness (QED) is 0.604. The Labute approximate surface area is 104 Å². The first-order chi connectivity index (χ1) is 7.31. The molecule has 82 valence electrons. The monoisotopic (exact) mass is 262 g/mol. The highest BCUT2D eigenvalue weighted by molar-refractivity contribution is 7.98. The molecule has 1 heterocycles. The molecular formula is C11H12Cl2OS. The van der Waals surface area contributed by atoms with Crippen molar-refractivity contribution in [1.82, 2.24) is 0 Å². The van der Waals surface area contributed by atoms with Crippen LogP contribution in [0.25, 0.3) is 0 Å². The van der Waals surface area contributed by atoms with Gasteiger partial charge in [-0.1, -0.05) is 11.6 Å². The Kier molecular flexibility index (Phi) is 4.06. The number of hydrogen-bond donors (Lipinski definition) is 0. The second kappa shape index (κ2) is 5.33. The summed E-state index contributed by atoms with van der Waals surface area (Å²) in [7, 11) is 0. The van der Waals surface area contributed by atoms with Crippen molar-refractivity contribution >= 4 is 35.0 Å². The number of fused-ring (bicyclic) bond motifs is 1. The Balaban J connectivity index is 2.15. The van der Waals surface area contributed by atoms with Crippen LogP contribution in [-0.4, -0.2) is 18.2 Å². The van der Waals surface area contributed by atoms with Gasteiger partial charge in [-0.25, -0.2) is 0 Å². The summed E-state index contributed by atoms with van der Waals surface area (Å²) in [5.74, 6) is 3.62. The van der Waals surface area contributed by atoms with Crippen molar-refractivity contribution in [2.45, 2.75) is 12.2 Å². The first kappa shape index (κ1) is 11.4. The fourth-order valence-electron chi connectivity index (χ4n) is 1.69. The van der Waals surface area contributed by atoms with Crippen LogP contribution in [0, 0.1) is 0 Å². The average Bonchev–Trinajstić information content (AvgIpc) is 2.65. The van der Waals surface area contributed by atoms with Crippen LogP contribution in [0.1, 0.15) is 11.1 Å². The van der Waals surface area contributed by atoms with E-state index in [0.29, 0.717) is 5.88 Å². The van der Waals surface area contributed by atoms with Crippen molar-refractivity contribution in [2.75, 3.05) is 18.2 Å². The van der Waals surface area contributed by atoms with Gasteiger partial charge < -0.3 is 4.74 Å². The first-order valence-corrected chi connectivity index (χ1v) is 6.96. The van der Waals surface area contributed by atoms with Gasteiger partial charge in [0.15, 0.2) is 0 Å². The molecule has 0 atom stereocenters. The number of ether oxygens (including phenoxy) is 1. The third-order valence-electron chi connectivity index (χ3n) is 2.30. The molecule has 1 nitrogen and oxygen atoms in total. The molecule has 0 fully saturated rings. The molecule has 1 aromatic carbocycles. The molecule has 0 spiro atoms. The Hall–Kier alpha value is -0.0500. The smallest absolute Gasteiger partial charge is 0.126 e. The Morgan fingerprint density at radius 3 is 3.07 bits per heavy atom. The molecule has 0 unspecified atom stereocenters. The van der Waals surface area contributed by atoms with E-state index in [2.05, 4.69) is 0 Å². The molecule has 0 aliphatic carbocycles. The number of alkyl halides is 1. The highest BCUT2D eigenvalue weighted by atomic mass is 35.5. The summed E-state index contributed by atoms with van der Waals surface area (Å²) in [6, 6.07) is 3.99. The predicted octanol–water partition coefficient (Wildman–Crippen LogP) is 3.75. The number of hydrogen-bond acceptors (Lipinski definition) is 2. The number of rotatable bonds is 4. The van der Waals surface area contributed by atoms with E-state index in [-0.39, 0.29) is 0 Å². The molecule has 0 N–H and O–H groups in total. The second-order valence-electron chi connectivity index (χ2n) is 3.39. The van der Waals surface area contributed by atoms with E-state index in [1.165, 1.54) is 11.1 Å². The van der Waals surface area contributed by atoms with Crippen LogP contribution in [0.2, 0.25) is 5.02 Å². The molecule has 15 heavy (non-hydrogen) atoms. The van der Waals surface area contributed by atoms with Gasteiger partial charge in [-0.2, -0.15) is 11.8 Å². The molecule has 1 aliphatic rings. The van der Waals surface area contributed by atoms with Crippen molar-refractivity contribution in [3.63, 3.8) is 0 Å². The summed E-state index contributed by atoms with van der Waals surface area (Å²) in [5, 5.41) is 0.806. The SMILES string of the molecule is ClCCSCc1cc(Cl)cc2c1OCC2. The van der Waals surface area contributed by atoms with Crippen LogP contribution >= 0.6 is 35.0 Å². The van der Waals surface area contributed by atoms with Gasteiger partial charge in [0.1, 0.15) is 5.75 Å². The van der Waals surface area contributed by atoms with Crippen LogP contribution in [0.15, 0.2) is 12.1 Å². The van der Waals surface area contributed by atoms with Crippen LogP contribution in [0.3, 0.4) is 0 Å². The lowest BCUT2D eigenvalue weighted by Crippen LogP contribution is -1.91. The van der Waals surface area contributed by atoms with E-state index >= 15 is 0 Å². The normalized spacial score (nSPS) is 13.7. The highest BCUT2D eigenvalue weighted by Gasteiger charge is 2.17. The molecular weight excluding hydrogens is 251 g/mol. The zero-order chi connectivity index (χ0) is 10.7. The van der Waals surface area contributed by atoms with E-state index in [1.807, 2.05) is 23.9 Å². The van der Waals surface area contributed by atoms with Gasteiger partial charge in [0.05, 0.1) is 6.61 Å². The van der Waals surface area contributed by atoms with Crippen LogP contribution in [0.4, 0.5) is 0 Å². The standard InChI is InChI=1S/C11H12Cl2OS/c12-2-4-15-7-9-6-10(13)5-8-1-3-14-11(8)9/h5-6H,1-4,7H2. The molecule has 0 bridgehead atoms. The lowest BCUT2D eigenvalue weighted by atomic mass is 10.1. The fourth-order valence-corrected chi connectivity index (χ4v) is 2.97. The van der Waals surface area contributed by atoms with Gasteiger partial charge in [0.2, 0.25) is 0 Å². The van der Waals surface area contributed by atoms with Gasteiger partial charge in [-0.3, -0.25) is 0 Å². The second-order valence-corrected chi connectivity index (χ2v) is 5.31. The highest BCUT2D eigenvalue weighted by Crippen LogP contribution is 2.34. The Morgan fingerprint density at radius 2 is 2.27 bits per heavy atom. The van der Waals surface area contributed by atoms with Gasteiger partial charge in [0.25, 0.3) is 0 Å². The van der Waals surface area contributed by atoms with Crippen LogP contribution < -0.4 is 4.74 Å². The van der Waals surface area contributed by atoms with Crippen molar-refractivity contribution in [3.8, 4) is 5.75 Å². The van der Waals surface area contributed by atoms with E-state index in [9.17, 15) is 0 Å². The number of halogens is 2. The van der Waals surface area contributed by atoms with Crippen LogP contribution in [0.5, 0.6) is 5.75 Å². The minimum absolute atomic E-state index is 0.689. The van der Waals surface area contributed by atoms with Gasteiger partial charge in [-0.15, -0.1) is 11.6 Å². The molecule has 0 saturated heterocycles. The van der Waals surface area contributed by atoms with E-state index in [1.54, 1.807) is 0 Å². The molecule has 0 radical (unpaired) electrons. The van der Waals surface area contributed by atoms with Crippen molar-refractivity contribution in [2.24, 2.45) is 0 Å². The third kappa shape index (κ3) is 2.74. The lowest BCUT2D eigenvalue weighted by Gasteiger charge is -2.08. The van der Waals surface area contributed by atoms with Crippen molar-refractivity contribution in [3.05, 3.63) is 28.3 Å². The minimum Gasteiger partial charge on any atom is -0.493 e. The zero-order valence-corrected chi connectivity index (χ0v) is 10.6. The van der Waals surface area contributed by atoms with Crippen LogP contribution in [-0.2, 0) is 12.2 Å². The number of benzene rings is 1. The third-order valence-corrected chi connectivity index (χ3v) is 3.94. The first-order valence-electron chi connectivity index (χ1n) is 4.89. The number of thioether (sulfide) groups is 1. The summed E-state index contributed by atoms with van der Waals surface area (Å²) >= 11 is 13.5. The molecule has 0 saturated carbocycles. The molecule has 0 amide bonds. The zero-order valence-electron chi connectivity index (χ0n) is 8.26. The molecule has 0 aromatic heterocycles. The maximum atomic E-state index is 6.05. The van der Waals surface area contributed by atoms with E-state index in [0.717, 1.165) is 35.3 Å². The largest absolute Gasteiger partial charge is 0.493 e. The molecule has 1 aromatic rings. The maximum absolute atomic E-state index is 6.05. The Morgan fingerprint density at radius 1 is 1.40 bits per heavy atom. The lowest BCUT2D eigenvalue weighted by molar-refractivity contribution is 0.354. The van der Waals surface area contributed by atoms with Crippen molar-refractivity contribution < 1.29 is 4.74 Å². The summed E-state index contributed by atoms with van der Waals surface area (Å²) in [4.78, 5) is 0. The fraction of sp³-hybridized carbons (Fsp3) is 0.455. The summed E-state index contributed by atoms with van der Waals surface area (Å²) in [6.45, 7) is 0.781. The predicted molar refractivity (Wildman–Crippen MR) is 67.5 cm³/mol. The topological polar surface area (TPSA) is 9.23 Å². The van der Waals surface area contributed by atoms with Gasteiger partial charge in [0, 0.05) is 34.4 Å². The maximum Gasteiger partial charge on any atom is 0.126 e. The molecule has 1 aliphatic heterocycles. The van der Waals surface area contributed by atoms with E-state index < -0.39 is 0 Å². The average molecular weight is 263 g/mol. The summed E-state index contributed by atoms with van der Waals surface area (Å²) < 4.78 is 5.61. The van der Waals surface area contributed by atoms with Crippen molar-refractivity contribution in [1.29, 1.82) is 0 Å². The minimum atomic E-state index is 0.689.